The molecule has 1 aromatic rings. The summed E-state index contributed by atoms with van der Waals surface area (Å²) in [5.74, 6) is 0.859. The summed E-state index contributed by atoms with van der Waals surface area (Å²) >= 11 is 0. The van der Waals surface area contributed by atoms with Gasteiger partial charge < -0.3 is 9.84 Å². The van der Waals surface area contributed by atoms with E-state index in [1.165, 1.54) is 5.56 Å². The molecular weight excluding hydrogens is 190 g/mol. The lowest BCUT2D eigenvalue weighted by Gasteiger charge is -2.29. The number of ether oxygens (including phenoxy) is 1. The molecule has 0 aliphatic carbocycles. The Bertz CT molecular complexity index is 376. The topological polar surface area (TPSA) is 32.7 Å². The van der Waals surface area contributed by atoms with Crippen LogP contribution in [0.2, 0.25) is 0 Å². The maximum absolute atomic E-state index is 9.95. The number of hydrogen-bond acceptors (Lipinski definition) is 3. The van der Waals surface area contributed by atoms with Gasteiger partial charge in [-0.25, -0.2) is 0 Å². The lowest BCUT2D eigenvalue weighted by molar-refractivity contribution is 0.107. The van der Waals surface area contributed by atoms with Gasteiger partial charge in [-0.3, -0.25) is 4.90 Å². The Morgan fingerprint density at radius 2 is 2.20 bits per heavy atom. The second-order valence-electron chi connectivity index (χ2n) is 4.23. The predicted octanol–water partition coefficient (Wildman–Crippen LogP) is 1.48. The van der Waals surface area contributed by atoms with Gasteiger partial charge in [-0.1, -0.05) is 6.07 Å². The number of likely N-dealkylation sites (N-methyl/N-ethyl adjacent to an activating group) is 1. The molecule has 2 rings (SSSR count). The fourth-order valence-electron chi connectivity index (χ4n) is 2.18. The van der Waals surface area contributed by atoms with E-state index >= 15 is 0 Å². The van der Waals surface area contributed by atoms with E-state index in [9.17, 15) is 5.11 Å². The highest BCUT2D eigenvalue weighted by Crippen LogP contribution is 2.31. The van der Waals surface area contributed by atoms with Crippen molar-refractivity contribution in [3.63, 3.8) is 0 Å². The number of fused-ring (bicyclic) bond motifs is 1. The third-order valence-corrected chi connectivity index (χ3v) is 2.94. The quantitative estimate of drug-likeness (QED) is 0.757. The standard InChI is InChI=1S/C12H17NO2/c1-8-4-9-6-13(2)7-11(14)10(9)5-12(8)15-3/h4-5,11,14H,6-7H2,1-3H3. The Labute approximate surface area is 90.3 Å². The molecule has 1 aromatic carbocycles. The van der Waals surface area contributed by atoms with Crippen LogP contribution in [-0.2, 0) is 6.54 Å². The summed E-state index contributed by atoms with van der Waals surface area (Å²) in [4.78, 5) is 2.12. The van der Waals surface area contributed by atoms with Gasteiger partial charge in [0.1, 0.15) is 5.75 Å². The smallest absolute Gasteiger partial charge is 0.122 e. The first-order chi connectivity index (χ1) is 7.11. The third-order valence-electron chi connectivity index (χ3n) is 2.94. The third kappa shape index (κ3) is 1.85. The van der Waals surface area contributed by atoms with Crippen molar-refractivity contribution >= 4 is 0 Å². The zero-order valence-electron chi connectivity index (χ0n) is 9.45. The number of nitrogens with zero attached hydrogens (tertiary/aromatic N) is 1. The summed E-state index contributed by atoms with van der Waals surface area (Å²) in [5, 5.41) is 9.95. The van der Waals surface area contributed by atoms with Crippen molar-refractivity contribution < 1.29 is 9.84 Å². The average molecular weight is 207 g/mol. The number of methoxy groups -OCH3 is 1. The molecule has 0 aromatic heterocycles. The molecule has 0 bridgehead atoms. The Balaban J connectivity index is 2.47. The molecule has 1 N–H and O–H groups in total. The van der Waals surface area contributed by atoms with E-state index < -0.39 is 6.10 Å². The van der Waals surface area contributed by atoms with Crippen LogP contribution >= 0.6 is 0 Å². The highest BCUT2D eigenvalue weighted by molar-refractivity contribution is 5.44. The Morgan fingerprint density at radius 1 is 1.47 bits per heavy atom. The number of benzene rings is 1. The van der Waals surface area contributed by atoms with E-state index in [0.717, 1.165) is 23.4 Å². The Morgan fingerprint density at radius 3 is 2.87 bits per heavy atom. The van der Waals surface area contributed by atoms with Crippen molar-refractivity contribution in [3.8, 4) is 5.75 Å². The van der Waals surface area contributed by atoms with E-state index in [-0.39, 0.29) is 0 Å². The van der Waals surface area contributed by atoms with Gasteiger partial charge in [0.2, 0.25) is 0 Å². The van der Waals surface area contributed by atoms with Crippen LogP contribution in [0.15, 0.2) is 12.1 Å². The number of β-amino-alcohol motifs (C(OH)–C–C–N with tert-alkyl or cyclic N) is 1. The van der Waals surface area contributed by atoms with Gasteiger partial charge in [0.05, 0.1) is 13.2 Å². The zero-order valence-corrected chi connectivity index (χ0v) is 9.45. The predicted molar refractivity (Wildman–Crippen MR) is 59.0 cm³/mol. The lowest BCUT2D eigenvalue weighted by Crippen LogP contribution is -2.30. The number of aliphatic hydroxyl groups excluding tert-OH is 1. The molecule has 0 radical (unpaired) electrons. The fourth-order valence-corrected chi connectivity index (χ4v) is 2.18. The van der Waals surface area contributed by atoms with Crippen molar-refractivity contribution in [2.45, 2.75) is 19.6 Å². The average Bonchev–Trinajstić information content (AvgIpc) is 2.16. The first kappa shape index (κ1) is 10.5. The van der Waals surface area contributed by atoms with Gasteiger partial charge in [0.15, 0.2) is 0 Å². The van der Waals surface area contributed by atoms with Crippen LogP contribution in [0.25, 0.3) is 0 Å². The molecule has 1 aliphatic heterocycles. The van der Waals surface area contributed by atoms with Crippen LogP contribution in [0.4, 0.5) is 0 Å². The monoisotopic (exact) mass is 207 g/mol. The van der Waals surface area contributed by atoms with Crippen LogP contribution in [0, 0.1) is 6.92 Å². The Hall–Kier alpha value is -1.06. The van der Waals surface area contributed by atoms with Crippen LogP contribution in [0.3, 0.4) is 0 Å². The molecule has 0 amide bonds. The van der Waals surface area contributed by atoms with Crippen LogP contribution in [0.1, 0.15) is 22.8 Å². The SMILES string of the molecule is COc1cc2c(cc1C)CN(C)CC2O. The molecule has 1 aliphatic rings. The second-order valence-corrected chi connectivity index (χ2v) is 4.23. The van der Waals surface area contributed by atoms with Crippen molar-refractivity contribution in [1.82, 2.24) is 4.90 Å². The zero-order chi connectivity index (χ0) is 11.0. The minimum Gasteiger partial charge on any atom is -0.496 e. The molecule has 0 spiro atoms. The van der Waals surface area contributed by atoms with Gasteiger partial charge in [0.25, 0.3) is 0 Å². The molecule has 1 heterocycles. The maximum atomic E-state index is 9.95. The fraction of sp³-hybridized carbons (Fsp3) is 0.500. The molecular formula is C12H17NO2. The number of aliphatic hydroxyl groups is 1. The number of rotatable bonds is 1. The summed E-state index contributed by atoms with van der Waals surface area (Å²) in [6.45, 7) is 3.62. The van der Waals surface area contributed by atoms with Crippen molar-refractivity contribution in [2.75, 3.05) is 20.7 Å². The summed E-state index contributed by atoms with van der Waals surface area (Å²) in [6.07, 6.45) is -0.395. The van der Waals surface area contributed by atoms with Gasteiger partial charge in [-0.05, 0) is 36.7 Å². The second kappa shape index (κ2) is 3.83. The summed E-state index contributed by atoms with van der Waals surface area (Å²) in [7, 11) is 3.68. The first-order valence-corrected chi connectivity index (χ1v) is 5.16. The van der Waals surface area contributed by atoms with Crippen molar-refractivity contribution in [2.24, 2.45) is 0 Å². The van der Waals surface area contributed by atoms with Crippen LogP contribution < -0.4 is 4.74 Å². The molecule has 1 unspecified atom stereocenters. The van der Waals surface area contributed by atoms with E-state index in [4.69, 9.17) is 4.74 Å². The van der Waals surface area contributed by atoms with E-state index in [0.29, 0.717) is 6.54 Å². The van der Waals surface area contributed by atoms with Crippen LogP contribution in [0.5, 0.6) is 5.75 Å². The largest absolute Gasteiger partial charge is 0.496 e. The van der Waals surface area contributed by atoms with E-state index in [2.05, 4.69) is 11.0 Å². The minimum absolute atomic E-state index is 0.395. The van der Waals surface area contributed by atoms with Gasteiger partial charge in [0, 0.05) is 13.1 Å². The minimum atomic E-state index is -0.395. The maximum Gasteiger partial charge on any atom is 0.122 e. The molecule has 82 valence electrons. The van der Waals surface area contributed by atoms with Gasteiger partial charge >= 0.3 is 0 Å². The Kier molecular flexibility index (Phi) is 2.67. The molecule has 0 fully saturated rings. The molecule has 0 saturated heterocycles. The van der Waals surface area contributed by atoms with Gasteiger partial charge in [-0.2, -0.15) is 0 Å². The lowest BCUT2D eigenvalue weighted by atomic mass is 9.95. The van der Waals surface area contributed by atoms with Crippen molar-refractivity contribution in [3.05, 3.63) is 28.8 Å². The molecule has 3 nitrogen and oxygen atoms in total. The van der Waals surface area contributed by atoms with E-state index in [1.54, 1.807) is 7.11 Å². The molecule has 0 saturated carbocycles. The van der Waals surface area contributed by atoms with Crippen molar-refractivity contribution in [1.29, 1.82) is 0 Å². The van der Waals surface area contributed by atoms with Gasteiger partial charge in [-0.15, -0.1) is 0 Å². The van der Waals surface area contributed by atoms with Crippen LogP contribution in [-0.4, -0.2) is 30.7 Å². The first-order valence-electron chi connectivity index (χ1n) is 5.16. The van der Waals surface area contributed by atoms with E-state index in [1.807, 2.05) is 20.0 Å². The highest BCUT2D eigenvalue weighted by atomic mass is 16.5. The summed E-state index contributed by atoms with van der Waals surface area (Å²) < 4.78 is 5.26. The highest BCUT2D eigenvalue weighted by Gasteiger charge is 2.22. The molecule has 3 heteroatoms. The summed E-state index contributed by atoms with van der Waals surface area (Å²) in [6, 6.07) is 4.06. The molecule has 15 heavy (non-hydrogen) atoms. The summed E-state index contributed by atoms with van der Waals surface area (Å²) in [5.41, 5.74) is 3.34. The number of hydrogen-bond donors (Lipinski definition) is 1. The molecule has 1 atom stereocenters. The normalized spacial score (nSPS) is 21.2. The number of aryl methyl sites for hydroxylation is 1.